The Morgan fingerprint density at radius 3 is 1.51 bits per heavy atom. The third-order valence-electron chi connectivity index (χ3n) is 6.00. The molecular formula is C28H18Cl4N6O3. The first-order valence-electron chi connectivity index (χ1n) is 11.8. The van der Waals surface area contributed by atoms with Crippen LogP contribution in [0, 0.1) is 0 Å². The largest absolute Gasteiger partial charge is 0.478 e. The van der Waals surface area contributed by atoms with Crippen LogP contribution in [-0.2, 0) is 0 Å². The van der Waals surface area contributed by atoms with Crippen molar-refractivity contribution in [2.24, 2.45) is 5.84 Å². The average Bonchev–Trinajstić information content (AvgIpc) is 3.55. The molecule has 206 valence electrons. The number of benzene rings is 4. The molecule has 0 spiro atoms. The van der Waals surface area contributed by atoms with E-state index in [2.05, 4.69) is 25.4 Å². The molecule has 0 atom stereocenters. The summed E-state index contributed by atoms with van der Waals surface area (Å²) >= 11 is 24.6. The Bertz CT molecular complexity index is 1910. The first-order valence-corrected chi connectivity index (χ1v) is 13.3. The number of hydrazine groups is 1. The van der Waals surface area contributed by atoms with Crippen LogP contribution in [0.2, 0.25) is 20.1 Å². The van der Waals surface area contributed by atoms with Crippen LogP contribution in [0.5, 0.6) is 0 Å². The lowest BCUT2D eigenvalue weighted by atomic mass is 10.2. The second kappa shape index (κ2) is 11.8. The molecule has 0 saturated carbocycles. The first kappa shape index (κ1) is 28.4. The fourth-order valence-electron chi connectivity index (χ4n) is 4.06. The summed E-state index contributed by atoms with van der Waals surface area (Å²) in [6, 6.07) is 20.1. The maximum Gasteiger partial charge on any atom is 0.335 e. The van der Waals surface area contributed by atoms with Gasteiger partial charge in [-0.25, -0.2) is 20.6 Å². The Morgan fingerprint density at radius 1 is 0.683 bits per heavy atom. The van der Waals surface area contributed by atoms with E-state index in [0.29, 0.717) is 70.5 Å². The fraction of sp³-hybridized carbons (Fsp3) is 0. The molecule has 2 heterocycles. The van der Waals surface area contributed by atoms with Gasteiger partial charge < -0.3 is 15.1 Å². The third-order valence-corrected chi connectivity index (χ3v) is 7.26. The molecule has 0 fully saturated rings. The van der Waals surface area contributed by atoms with Crippen LogP contribution >= 0.6 is 46.4 Å². The minimum absolute atomic E-state index is 0.193. The number of fused-ring (bicyclic) bond motifs is 2. The molecule has 0 aliphatic carbocycles. The number of aromatic amines is 2. The molecule has 0 aliphatic rings. The highest BCUT2D eigenvalue weighted by Gasteiger charge is 2.15. The average molecular weight is 628 g/mol. The number of H-pyrrole nitrogens is 2. The highest BCUT2D eigenvalue weighted by Crippen LogP contribution is 2.35. The standard InChI is InChI=1S/C14H10Cl2N4O.C14H8Cl2N2O2/c15-8-2-1-3-9(16)12(8)13-18-10-5-4-7(14(21)20-17)6-11(10)19-13;15-8-2-1-3-9(16)12(8)13-17-10-5-4-7(14(19)20)6-11(10)18-13/h1-6H,17H2,(H,18,19)(H,20,21);1-6H,(H,17,18)(H,19,20). The number of amides is 1. The number of imidazole rings is 2. The minimum Gasteiger partial charge on any atom is -0.478 e. The summed E-state index contributed by atoms with van der Waals surface area (Å²) in [5.41, 5.74) is 6.62. The molecule has 2 aromatic heterocycles. The molecule has 41 heavy (non-hydrogen) atoms. The summed E-state index contributed by atoms with van der Waals surface area (Å²) in [7, 11) is 0. The molecule has 0 unspecified atom stereocenters. The second-order valence-electron chi connectivity index (χ2n) is 8.61. The monoisotopic (exact) mass is 626 g/mol. The number of carboxylic acids is 1. The molecule has 9 nitrogen and oxygen atoms in total. The molecule has 6 aromatic rings. The zero-order valence-corrected chi connectivity index (χ0v) is 23.7. The number of carbonyl (C=O) groups excluding carboxylic acids is 1. The van der Waals surface area contributed by atoms with Crippen LogP contribution in [0.25, 0.3) is 44.8 Å². The number of aromatic carboxylic acids is 1. The van der Waals surface area contributed by atoms with E-state index < -0.39 is 5.97 Å². The maximum atomic E-state index is 11.5. The fourth-order valence-corrected chi connectivity index (χ4v) is 5.21. The van der Waals surface area contributed by atoms with Gasteiger partial charge in [-0.15, -0.1) is 0 Å². The van der Waals surface area contributed by atoms with Crippen molar-refractivity contribution in [3.63, 3.8) is 0 Å². The molecule has 1 amide bonds. The van der Waals surface area contributed by atoms with Gasteiger partial charge in [0.2, 0.25) is 0 Å². The van der Waals surface area contributed by atoms with Crippen LogP contribution in [0.15, 0.2) is 72.8 Å². The third kappa shape index (κ3) is 5.85. The maximum absolute atomic E-state index is 11.5. The van der Waals surface area contributed by atoms with Gasteiger partial charge in [0.15, 0.2) is 0 Å². The molecule has 4 aromatic carbocycles. The number of carboxylic acid groups (broad SMARTS) is 1. The number of nitrogens with zero attached hydrogens (tertiary/aromatic N) is 2. The Hall–Kier alpha value is -4.12. The van der Waals surface area contributed by atoms with Gasteiger partial charge in [-0.2, -0.15) is 0 Å². The highest BCUT2D eigenvalue weighted by molar-refractivity contribution is 6.39. The summed E-state index contributed by atoms with van der Waals surface area (Å²) in [6.45, 7) is 0. The van der Waals surface area contributed by atoms with Crippen molar-refractivity contribution < 1.29 is 14.7 Å². The highest BCUT2D eigenvalue weighted by atomic mass is 35.5. The van der Waals surface area contributed by atoms with E-state index in [4.69, 9.17) is 57.4 Å². The summed E-state index contributed by atoms with van der Waals surface area (Å²) in [4.78, 5) is 37.5. The van der Waals surface area contributed by atoms with Gasteiger partial charge in [-0.05, 0) is 60.7 Å². The topological polar surface area (TPSA) is 150 Å². The van der Waals surface area contributed by atoms with Crippen molar-refractivity contribution >= 4 is 80.3 Å². The summed E-state index contributed by atoms with van der Waals surface area (Å²) in [5.74, 6) is 4.82. The van der Waals surface area contributed by atoms with Gasteiger partial charge in [-0.1, -0.05) is 58.5 Å². The lowest BCUT2D eigenvalue weighted by molar-refractivity contribution is 0.0696. The zero-order chi connectivity index (χ0) is 29.3. The number of nitrogens with one attached hydrogen (secondary N) is 3. The van der Waals surface area contributed by atoms with Crippen molar-refractivity contribution in [2.75, 3.05) is 0 Å². The molecule has 6 N–H and O–H groups in total. The van der Waals surface area contributed by atoms with Crippen LogP contribution in [0.4, 0.5) is 0 Å². The van der Waals surface area contributed by atoms with Gasteiger partial charge in [0.25, 0.3) is 5.91 Å². The normalized spacial score (nSPS) is 10.9. The SMILES string of the molecule is NNC(=O)c1ccc2nc(-c3c(Cl)cccc3Cl)[nH]c2c1.O=C(O)c1ccc2nc(-c3c(Cl)cccc3Cl)[nH]c2c1. The van der Waals surface area contributed by atoms with E-state index in [1.807, 2.05) is 0 Å². The smallest absolute Gasteiger partial charge is 0.335 e. The van der Waals surface area contributed by atoms with E-state index in [9.17, 15) is 9.59 Å². The molecule has 0 aliphatic heterocycles. The number of nitrogens with two attached hydrogens (primary N) is 1. The number of carbonyl (C=O) groups is 2. The van der Waals surface area contributed by atoms with Crippen LogP contribution < -0.4 is 11.3 Å². The second-order valence-corrected chi connectivity index (χ2v) is 10.2. The van der Waals surface area contributed by atoms with E-state index in [0.717, 1.165) is 0 Å². The van der Waals surface area contributed by atoms with Crippen molar-refractivity contribution in [3.05, 3.63) is 104 Å². The predicted molar refractivity (Wildman–Crippen MR) is 162 cm³/mol. The summed E-state index contributed by atoms with van der Waals surface area (Å²) in [6.07, 6.45) is 0. The van der Waals surface area contributed by atoms with Crippen molar-refractivity contribution in [1.82, 2.24) is 25.4 Å². The Morgan fingerprint density at radius 2 is 1.10 bits per heavy atom. The van der Waals surface area contributed by atoms with E-state index >= 15 is 0 Å². The number of rotatable bonds is 4. The summed E-state index contributed by atoms with van der Waals surface area (Å²) < 4.78 is 0. The quantitative estimate of drug-likeness (QED) is 0.0782. The van der Waals surface area contributed by atoms with E-state index in [1.54, 1.807) is 60.7 Å². The van der Waals surface area contributed by atoms with E-state index in [1.165, 1.54) is 12.1 Å². The van der Waals surface area contributed by atoms with Crippen LogP contribution in [0.1, 0.15) is 20.7 Å². The predicted octanol–water partition coefficient (Wildman–Crippen LogP) is 7.38. The van der Waals surface area contributed by atoms with E-state index in [-0.39, 0.29) is 11.5 Å². The van der Waals surface area contributed by atoms with Crippen molar-refractivity contribution in [3.8, 4) is 22.8 Å². The Kier molecular flexibility index (Phi) is 8.16. The van der Waals surface area contributed by atoms with Crippen LogP contribution in [0.3, 0.4) is 0 Å². The lowest BCUT2D eigenvalue weighted by Crippen LogP contribution is -2.29. The Balaban J connectivity index is 0.000000165. The number of hydrogen-bond donors (Lipinski definition) is 5. The molecular weight excluding hydrogens is 610 g/mol. The van der Waals surface area contributed by atoms with Crippen molar-refractivity contribution in [1.29, 1.82) is 0 Å². The zero-order valence-electron chi connectivity index (χ0n) is 20.7. The summed E-state index contributed by atoms with van der Waals surface area (Å²) in [5, 5.41) is 10.9. The molecule has 0 radical (unpaired) electrons. The van der Waals surface area contributed by atoms with Gasteiger partial charge in [0.1, 0.15) is 11.6 Å². The first-order chi connectivity index (χ1) is 19.7. The molecule has 0 saturated heterocycles. The number of nitrogen functional groups attached to an aromatic ring is 1. The number of hydrogen-bond acceptors (Lipinski definition) is 5. The van der Waals surface area contributed by atoms with Gasteiger partial charge in [0, 0.05) is 5.56 Å². The molecule has 13 heteroatoms. The number of halogens is 4. The number of aromatic nitrogens is 4. The van der Waals surface area contributed by atoms with Gasteiger partial charge in [0.05, 0.1) is 58.8 Å². The minimum atomic E-state index is -0.987. The van der Waals surface area contributed by atoms with Crippen LogP contribution in [-0.4, -0.2) is 36.9 Å². The van der Waals surface area contributed by atoms with Gasteiger partial charge >= 0.3 is 5.97 Å². The lowest BCUT2D eigenvalue weighted by Gasteiger charge is -2.02. The van der Waals surface area contributed by atoms with Gasteiger partial charge in [-0.3, -0.25) is 10.2 Å². The van der Waals surface area contributed by atoms with Crippen molar-refractivity contribution in [2.45, 2.75) is 0 Å². The Labute approximate surface area is 252 Å². The molecule has 6 rings (SSSR count). The molecule has 0 bridgehead atoms.